The van der Waals surface area contributed by atoms with Crippen molar-refractivity contribution in [3.8, 4) is 0 Å². The molecule has 1 aliphatic rings. The van der Waals surface area contributed by atoms with Crippen molar-refractivity contribution in [1.29, 1.82) is 0 Å². The Balaban J connectivity index is 1.90. The summed E-state index contributed by atoms with van der Waals surface area (Å²) in [6.07, 6.45) is 5.11. The first-order valence-electron chi connectivity index (χ1n) is 7.38. The van der Waals surface area contributed by atoms with Crippen LogP contribution in [-0.4, -0.2) is 30.7 Å². The standard InChI is InChI=1S/C15H23N3O2/c1-3-12(4-2)13-9-14(20-18-13)15(19)17-10-11-5-7-16-8-6-11/h5,9,12,16H,3-4,6-8,10H2,1-2H3,(H,17,19). The second kappa shape index (κ2) is 7.24. The monoisotopic (exact) mass is 277 g/mol. The van der Waals surface area contributed by atoms with E-state index in [4.69, 9.17) is 4.52 Å². The zero-order valence-corrected chi connectivity index (χ0v) is 12.2. The Bertz CT molecular complexity index is 475. The molecule has 0 aliphatic carbocycles. The lowest BCUT2D eigenvalue weighted by Crippen LogP contribution is -2.29. The summed E-state index contributed by atoms with van der Waals surface area (Å²) in [5.41, 5.74) is 2.14. The molecular weight excluding hydrogens is 254 g/mol. The van der Waals surface area contributed by atoms with E-state index in [0.717, 1.165) is 38.0 Å². The van der Waals surface area contributed by atoms with E-state index >= 15 is 0 Å². The molecule has 0 unspecified atom stereocenters. The minimum atomic E-state index is -0.186. The Kier molecular flexibility index (Phi) is 5.35. The zero-order chi connectivity index (χ0) is 14.4. The molecule has 0 saturated heterocycles. The maximum atomic E-state index is 12.0. The molecule has 0 bridgehead atoms. The van der Waals surface area contributed by atoms with Crippen molar-refractivity contribution in [2.45, 2.75) is 39.0 Å². The number of nitrogens with zero attached hydrogens (tertiary/aromatic N) is 1. The van der Waals surface area contributed by atoms with Crippen LogP contribution < -0.4 is 10.6 Å². The summed E-state index contributed by atoms with van der Waals surface area (Å²) in [7, 11) is 0. The van der Waals surface area contributed by atoms with Crippen molar-refractivity contribution in [3.05, 3.63) is 29.2 Å². The molecule has 0 atom stereocenters. The van der Waals surface area contributed by atoms with Gasteiger partial charge in [0.1, 0.15) is 0 Å². The van der Waals surface area contributed by atoms with Crippen LogP contribution in [0.5, 0.6) is 0 Å². The van der Waals surface area contributed by atoms with Gasteiger partial charge in [-0.05, 0) is 25.8 Å². The van der Waals surface area contributed by atoms with E-state index in [0.29, 0.717) is 18.2 Å². The molecule has 2 heterocycles. The number of carbonyl (C=O) groups excluding carboxylic acids is 1. The summed E-state index contributed by atoms with van der Waals surface area (Å²) in [4.78, 5) is 12.0. The number of hydrogen-bond donors (Lipinski definition) is 2. The van der Waals surface area contributed by atoms with E-state index in [9.17, 15) is 4.79 Å². The third kappa shape index (κ3) is 3.70. The molecule has 0 saturated carbocycles. The molecule has 2 rings (SSSR count). The molecule has 0 fully saturated rings. The topological polar surface area (TPSA) is 67.2 Å². The van der Waals surface area contributed by atoms with Crippen molar-refractivity contribution in [2.75, 3.05) is 19.6 Å². The number of nitrogens with one attached hydrogen (secondary N) is 2. The van der Waals surface area contributed by atoms with Crippen LogP contribution in [0.4, 0.5) is 0 Å². The lowest BCUT2D eigenvalue weighted by atomic mass is 9.99. The average molecular weight is 277 g/mol. The molecular formula is C15H23N3O2. The van der Waals surface area contributed by atoms with E-state index < -0.39 is 0 Å². The molecule has 110 valence electrons. The Labute approximate surface area is 119 Å². The molecule has 1 aliphatic heterocycles. The number of hydrogen-bond acceptors (Lipinski definition) is 4. The maximum Gasteiger partial charge on any atom is 0.290 e. The van der Waals surface area contributed by atoms with Gasteiger partial charge in [-0.15, -0.1) is 0 Å². The summed E-state index contributed by atoms with van der Waals surface area (Å²) in [6.45, 7) is 6.68. The van der Waals surface area contributed by atoms with Crippen LogP contribution in [0.15, 0.2) is 22.2 Å². The minimum absolute atomic E-state index is 0.186. The number of carbonyl (C=O) groups is 1. The third-order valence-electron chi connectivity index (χ3n) is 3.79. The van der Waals surface area contributed by atoms with Crippen LogP contribution in [-0.2, 0) is 0 Å². The molecule has 0 radical (unpaired) electrons. The van der Waals surface area contributed by atoms with Crippen molar-refractivity contribution >= 4 is 5.91 Å². The molecule has 5 nitrogen and oxygen atoms in total. The van der Waals surface area contributed by atoms with Crippen molar-refractivity contribution < 1.29 is 9.32 Å². The van der Waals surface area contributed by atoms with Gasteiger partial charge in [0.05, 0.1) is 5.69 Å². The first-order chi connectivity index (χ1) is 9.74. The SMILES string of the molecule is CCC(CC)c1cc(C(=O)NCC2=CCNCC2)on1. The van der Waals surface area contributed by atoms with Crippen LogP contribution in [0.1, 0.15) is 55.3 Å². The highest BCUT2D eigenvalue weighted by atomic mass is 16.5. The quantitative estimate of drug-likeness (QED) is 0.782. The lowest BCUT2D eigenvalue weighted by Gasteiger charge is -2.13. The third-order valence-corrected chi connectivity index (χ3v) is 3.79. The molecule has 0 aromatic carbocycles. The molecule has 1 amide bonds. The summed E-state index contributed by atoms with van der Waals surface area (Å²) in [5.74, 6) is 0.489. The van der Waals surface area contributed by atoms with E-state index in [1.165, 1.54) is 5.57 Å². The van der Waals surface area contributed by atoms with Gasteiger partial charge in [0, 0.05) is 25.1 Å². The largest absolute Gasteiger partial charge is 0.351 e. The maximum absolute atomic E-state index is 12.0. The molecule has 5 heteroatoms. The van der Waals surface area contributed by atoms with Gasteiger partial charge in [0.2, 0.25) is 5.76 Å². The molecule has 0 spiro atoms. The predicted octanol–water partition coefficient (Wildman–Crippen LogP) is 2.23. The smallest absolute Gasteiger partial charge is 0.290 e. The second-order valence-electron chi connectivity index (χ2n) is 5.13. The van der Waals surface area contributed by atoms with Crippen LogP contribution in [0.2, 0.25) is 0 Å². The predicted molar refractivity (Wildman–Crippen MR) is 77.7 cm³/mol. The molecule has 2 N–H and O–H groups in total. The minimum Gasteiger partial charge on any atom is -0.351 e. The van der Waals surface area contributed by atoms with Crippen molar-refractivity contribution in [1.82, 2.24) is 15.8 Å². The van der Waals surface area contributed by atoms with Gasteiger partial charge in [0.25, 0.3) is 5.91 Å². The summed E-state index contributed by atoms with van der Waals surface area (Å²) in [6, 6.07) is 1.77. The number of rotatable bonds is 6. The zero-order valence-electron chi connectivity index (χ0n) is 12.2. The molecule has 1 aromatic heterocycles. The van der Waals surface area contributed by atoms with Gasteiger partial charge < -0.3 is 15.2 Å². The Morgan fingerprint density at radius 3 is 2.95 bits per heavy atom. The fraction of sp³-hybridized carbons (Fsp3) is 0.600. The van der Waals surface area contributed by atoms with E-state index in [1.807, 2.05) is 0 Å². The first-order valence-corrected chi connectivity index (χ1v) is 7.38. The Morgan fingerprint density at radius 2 is 2.30 bits per heavy atom. The highest BCUT2D eigenvalue weighted by Crippen LogP contribution is 2.22. The van der Waals surface area contributed by atoms with Crippen molar-refractivity contribution in [2.24, 2.45) is 0 Å². The van der Waals surface area contributed by atoms with Crippen molar-refractivity contribution in [3.63, 3.8) is 0 Å². The highest BCUT2D eigenvalue weighted by Gasteiger charge is 2.17. The Morgan fingerprint density at radius 1 is 1.50 bits per heavy atom. The van der Waals surface area contributed by atoms with E-state index in [2.05, 4.69) is 35.7 Å². The molecule has 1 aromatic rings. The van der Waals surface area contributed by atoms with Gasteiger partial charge in [-0.3, -0.25) is 4.79 Å². The van der Waals surface area contributed by atoms with Gasteiger partial charge >= 0.3 is 0 Å². The first kappa shape index (κ1) is 14.8. The second-order valence-corrected chi connectivity index (χ2v) is 5.13. The molecule has 20 heavy (non-hydrogen) atoms. The van der Waals surface area contributed by atoms with Crippen LogP contribution in [0, 0.1) is 0 Å². The lowest BCUT2D eigenvalue weighted by molar-refractivity contribution is 0.0919. The van der Waals surface area contributed by atoms with Gasteiger partial charge in [-0.1, -0.05) is 30.7 Å². The normalized spacial score (nSPS) is 15.2. The van der Waals surface area contributed by atoms with Crippen LogP contribution in [0.3, 0.4) is 0 Å². The Hall–Kier alpha value is -1.62. The summed E-state index contributed by atoms with van der Waals surface area (Å²) >= 11 is 0. The van der Waals surface area contributed by atoms with Gasteiger partial charge in [0.15, 0.2) is 0 Å². The fourth-order valence-corrected chi connectivity index (χ4v) is 2.41. The van der Waals surface area contributed by atoms with Crippen LogP contribution >= 0.6 is 0 Å². The summed E-state index contributed by atoms with van der Waals surface area (Å²) in [5, 5.41) is 10.1. The number of amides is 1. The fourth-order valence-electron chi connectivity index (χ4n) is 2.41. The average Bonchev–Trinajstić information content (AvgIpc) is 2.97. The number of aromatic nitrogens is 1. The van der Waals surface area contributed by atoms with Gasteiger partial charge in [-0.25, -0.2) is 0 Å². The van der Waals surface area contributed by atoms with E-state index in [1.54, 1.807) is 6.07 Å². The van der Waals surface area contributed by atoms with E-state index in [-0.39, 0.29) is 5.91 Å². The highest BCUT2D eigenvalue weighted by molar-refractivity contribution is 5.91. The van der Waals surface area contributed by atoms with Crippen LogP contribution in [0.25, 0.3) is 0 Å². The van der Waals surface area contributed by atoms with Gasteiger partial charge in [-0.2, -0.15) is 0 Å². The summed E-state index contributed by atoms with van der Waals surface area (Å²) < 4.78 is 5.16.